The molecule has 0 aliphatic heterocycles. The number of rotatable bonds is 4. The van der Waals surface area contributed by atoms with E-state index in [-0.39, 0.29) is 23.2 Å². The number of aliphatic hydroxyl groups is 1. The van der Waals surface area contributed by atoms with Crippen molar-refractivity contribution in [3.63, 3.8) is 0 Å². The number of aliphatic hydroxyl groups excluding tert-OH is 1. The molecule has 154 valence electrons. The average Bonchev–Trinajstić information content (AvgIpc) is 2.63. The molecule has 0 fully saturated rings. The Kier molecular flexibility index (Phi) is 5.31. The monoisotopic (exact) mass is 416 g/mol. The lowest BCUT2D eigenvalue weighted by Crippen LogP contribution is -2.17. The summed E-state index contributed by atoms with van der Waals surface area (Å²) in [7, 11) is 0. The second-order valence-corrected chi connectivity index (χ2v) is 6.24. The van der Waals surface area contributed by atoms with Gasteiger partial charge in [0.2, 0.25) is 0 Å². The molecule has 0 saturated heterocycles. The van der Waals surface area contributed by atoms with Crippen molar-refractivity contribution in [1.29, 1.82) is 0 Å². The van der Waals surface area contributed by atoms with Crippen molar-refractivity contribution in [3.8, 4) is 5.75 Å². The molecule has 0 radical (unpaired) electrons. The van der Waals surface area contributed by atoms with E-state index in [0.717, 1.165) is 6.07 Å². The van der Waals surface area contributed by atoms with Gasteiger partial charge in [-0.25, -0.2) is 4.98 Å². The molecular formula is C19H14F6N2O2. The van der Waals surface area contributed by atoms with Gasteiger partial charge in [-0.2, -0.15) is 26.3 Å². The molecule has 1 aromatic heterocycles. The predicted octanol–water partition coefficient (Wildman–Crippen LogP) is 5.12. The maximum Gasteiger partial charge on any atom is 0.433 e. The van der Waals surface area contributed by atoms with E-state index in [2.05, 4.69) is 10.3 Å². The van der Waals surface area contributed by atoms with E-state index in [1.807, 2.05) is 0 Å². The zero-order valence-corrected chi connectivity index (χ0v) is 14.5. The van der Waals surface area contributed by atoms with Crippen molar-refractivity contribution in [1.82, 2.24) is 4.98 Å². The maximum absolute atomic E-state index is 13.3. The Morgan fingerprint density at radius 2 is 1.62 bits per heavy atom. The van der Waals surface area contributed by atoms with Crippen LogP contribution >= 0.6 is 0 Å². The minimum Gasteiger partial charge on any atom is -0.508 e. The molecule has 10 heteroatoms. The molecule has 3 rings (SSSR count). The minimum absolute atomic E-state index is 0.0759. The highest BCUT2D eigenvalue weighted by molar-refractivity contribution is 5.86. The fourth-order valence-electron chi connectivity index (χ4n) is 2.86. The number of aromatic nitrogens is 1. The summed E-state index contributed by atoms with van der Waals surface area (Å²) in [6, 6.07) is 9.15. The van der Waals surface area contributed by atoms with Gasteiger partial charge in [-0.05, 0) is 29.8 Å². The Hall–Kier alpha value is -3.01. The van der Waals surface area contributed by atoms with Gasteiger partial charge in [0.1, 0.15) is 11.4 Å². The van der Waals surface area contributed by atoms with E-state index < -0.39 is 35.2 Å². The van der Waals surface area contributed by atoms with Gasteiger partial charge in [-0.3, -0.25) is 0 Å². The number of pyridine rings is 1. The van der Waals surface area contributed by atoms with Crippen LogP contribution in [-0.2, 0) is 12.4 Å². The fourth-order valence-corrected chi connectivity index (χ4v) is 2.86. The van der Waals surface area contributed by atoms with Crippen LogP contribution in [0.15, 0.2) is 48.5 Å². The molecule has 0 bridgehead atoms. The number of benzene rings is 2. The summed E-state index contributed by atoms with van der Waals surface area (Å²) in [5, 5.41) is 22.3. The third kappa shape index (κ3) is 4.53. The van der Waals surface area contributed by atoms with Gasteiger partial charge >= 0.3 is 12.4 Å². The van der Waals surface area contributed by atoms with Crippen LogP contribution in [0, 0.1) is 0 Å². The summed E-state index contributed by atoms with van der Waals surface area (Å²) >= 11 is 0. The molecule has 0 unspecified atom stereocenters. The van der Waals surface area contributed by atoms with Crippen LogP contribution in [0.25, 0.3) is 10.9 Å². The largest absolute Gasteiger partial charge is 0.508 e. The minimum atomic E-state index is -5.00. The van der Waals surface area contributed by atoms with Crippen molar-refractivity contribution in [2.45, 2.75) is 18.5 Å². The SMILES string of the molecule is Oc1cccc(NC[C@H](O)c2cc(C(F)(F)F)nc3c(C(F)(F)F)cccc23)c1. The van der Waals surface area contributed by atoms with E-state index in [0.29, 0.717) is 17.8 Å². The molecule has 3 aromatic rings. The number of hydrogen-bond acceptors (Lipinski definition) is 4. The third-order valence-electron chi connectivity index (χ3n) is 4.17. The normalized spacial score (nSPS) is 13.5. The number of nitrogens with zero attached hydrogens (tertiary/aromatic N) is 1. The summed E-state index contributed by atoms with van der Waals surface area (Å²) in [6.07, 6.45) is -11.5. The fraction of sp³-hybridized carbons (Fsp3) is 0.211. The molecule has 0 spiro atoms. The van der Waals surface area contributed by atoms with Crippen LogP contribution < -0.4 is 5.32 Å². The first kappa shape index (κ1) is 20.7. The summed E-state index contributed by atoms with van der Waals surface area (Å²) in [5.41, 5.74) is -3.72. The van der Waals surface area contributed by atoms with E-state index in [4.69, 9.17) is 0 Å². The number of nitrogens with one attached hydrogen (secondary N) is 1. The van der Waals surface area contributed by atoms with E-state index in [1.54, 1.807) is 6.07 Å². The Morgan fingerprint density at radius 3 is 2.24 bits per heavy atom. The molecular weight excluding hydrogens is 402 g/mol. The van der Waals surface area contributed by atoms with Crippen LogP contribution in [0.3, 0.4) is 0 Å². The Labute approximate surface area is 160 Å². The number of fused-ring (bicyclic) bond motifs is 1. The van der Waals surface area contributed by atoms with Crippen molar-refractivity contribution in [2.75, 3.05) is 11.9 Å². The topological polar surface area (TPSA) is 65.4 Å². The lowest BCUT2D eigenvalue weighted by Gasteiger charge is -2.19. The number of anilines is 1. The molecule has 0 saturated carbocycles. The second kappa shape index (κ2) is 7.43. The van der Waals surface area contributed by atoms with Gasteiger partial charge in [0.25, 0.3) is 0 Å². The average molecular weight is 416 g/mol. The molecule has 0 aliphatic carbocycles. The van der Waals surface area contributed by atoms with Crippen molar-refractivity contribution in [2.24, 2.45) is 0 Å². The first-order valence-electron chi connectivity index (χ1n) is 8.26. The highest BCUT2D eigenvalue weighted by Gasteiger charge is 2.37. The number of aromatic hydroxyl groups is 1. The summed E-state index contributed by atoms with van der Waals surface area (Å²) in [6.45, 7) is -0.309. The molecule has 1 atom stereocenters. The number of halogens is 6. The number of para-hydroxylation sites is 1. The van der Waals surface area contributed by atoms with Crippen molar-refractivity contribution >= 4 is 16.6 Å². The number of phenolic OH excluding ortho intramolecular Hbond substituents is 1. The molecule has 2 aromatic carbocycles. The van der Waals surface area contributed by atoms with Crippen LogP contribution in [0.1, 0.15) is 22.9 Å². The molecule has 3 N–H and O–H groups in total. The first-order valence-corrected chi connectivity index (χ1v) is 8.26. The molecule has 0 amide bonds. The number of phenols is 1. The second-order valence-electron chi connectivity index (χ2n) is 6.24. The Morgan fingerprint density at radius 1 is 0.931 bits per heavy atom. The standard InChI is InChI=1S/C19H14F6N2O2/c20-18(21,22)14-6-2-5-12-13(8-16(19(23,24)25)27-17(12)14)15(29)9-26-10-3-1-4-11(28)7-10/h1-8,15,26,28-29H,9H2/t15-/m0/s1. The molecule has 1 heterocycles. The van der Waals surface area contributed by atoms with Crippen molar-refractivity contribution in [3.05, 3.63) is 65.4 Å². The number of alkyl halides is 6. The maximum atomic E-state index is 13.3. The van der Waals surface area contributed by atoms with Crippen LogP contribution in [-0.4, -0.2) is 21.7 Å². The zero-order valence-electron chi connectivity index (χ0n) is 14.5. The predicted molar refractivity (Wildman–Crippen MR) is 93.3 cm³/mol. The van der Waals surface area contributed by atoms with E-state index >= 15 is 0 Å². The van der Waals surface area contributed by atoms with Gasteiger partial charge in [-0.1, -0.05) is 18.2 Å². The Balaban J connectivity index is 2.07. The highest BCUT2D eigenvalue weighted by Crippen LogP contribution is 2.39. The molecule has 29 heavy (non-hydrogen) atoms. The smallest absolute Gasteiger partial charge is 0.433 e. The summed E-state index contributed by atoms with van der Waals surface area (Å²) < 4.78 is 79.4. The lowest BCUT2D eigenvalue weighted by atomic mass is 9.99. The molecule has 4 nitrogen and oxygen atoms in total. The third-order valence-corrected chi connectivity index (χ3v) is 4.17. The van der Waals surface area contributed by atoms with E-state index in [1.165, 1.54) is 24.3 Å². The summed E-state index contributed by atoms with van der Waals surface area (Å²) in [4.78, 5) is 3.18. The van der Waals surface area contributed by atoms with Gasteiger partial charge in [0.05, 0.1) is 17.2 Å². The highest BCUT2D eigenvalue weighted by atomic mass is 19.4. The van der Waals surface area contributed by atoms with Crippen LogP contribution in [0.4, 0.5) is 32.0 Å². The Bertz CT molecular complexity index is 1030. The first-order chi connectivity index (χ1) is 13.5. The van der Waals surface area contributed by atoms with Gasteiger partial charge in [-0.15, -0.1) is 0 Å². The van der Waals surface area contributed by atoms with Gasteiger partial charge < -0.3 is 15.5 Å². The van der Waals surface area contributed by atoms with Crippen molar-refractivity contribution < 1.29 is 36.6 Å². The summed E-state index contributed by atoms with van der Waals surface area (Å²) in [5.74, 6) is -0.0759. The van der Waals surface area contributed by atoms with E-state index in [9.17, 15) is 36.6 Å². The van der Waals surface area contributed by atoms with Gasteiger partial charge in [0, 0.05) is 23.7 Å². The van der Waals surface area contributed by atoms with Crippen LogP contribution in [0.5, 0.6) is 5.75 Å². The lowest BCUT2D eigenvalue weighted by molar-refractivity contribution is -0.142. The van der Waals surface area contributed by atoms with Gasteiger partial charge in [0.15, 0.2) is 0 Å². The number of hydrogen-bond donors (Lipinski definition) is 3. The zero-order chi connectivity index (χ0) is 21.4. The van der Waals surface area contributed by atoms with Crippen LogP contribution in [0.2, 0.25) is 0 Å². The molecule has 0 aliphatic rings. The quantitative estimate of drug-likeness (QED) is 0.517.